The Hall–Kier alpha value is -1.55. The lowest BCUT2D eigenvalue weighted by Crippen LogP contribution is -2.34. The first-order valence-electron chi connectivity index (χ1n) is 7.84. The van der Waals surface area contributed by atoms with Crippen molar-refractivity contribution in [2.75, 3.05) is 32.7 Å². The van der Waals surface area contributed by atoms with E-state index in [0.717, 1.165) is 38.2 Å². The van der Waals surface area contributed by atoms with E-state index in [4.69, 9.17) is 0 Å². The number of rotatable bonds is 8. The van der Waals surface area contributed by atoms with E-state index >= 15 is 0 Å². The van der Waals surface area contributed by atoms with Gasteiger partial charge in [-0.05, 0) is 52.0 Å². The molecule has 118 valence electrons. The third kappa shape index (κ3) is 5.05. The molecule has 0 radical (unpaired) electrons. The van der Waals surface area contributed by atoms with Crippen LogP contribution in [-0.4, -0.2) is 53.5 Å². The highest BCUT2D eigenvalue weighted by molar-refractivity contribution is 5.97. The standard InChI is InChI=1S/C17H28N2O2/c1-5-18(6-2)11-8-12-19(7-3)17(21)15-13-14(4)9-10-16(15)20/h9-10,13,20H,5-8,11-12H2,1-4H3. The predicted molar refractivity (Wildman–Crippen MR) is 86.8 cm³/mol. The monoisotopic (exact) mass is 292 g/mol. The van der Waals surface area contributed by atoms with Gasteiger partial charge in [0.1, 0.15) is 5.75 Å². The van der Waals surface area contributed by atoms with Crippen LogP contribution in [0.15, 0.2) is 18.2 Å². The molecule has 0 saturated heterocycles. The first kappa shape index (κ1) is 17.5. The zero-order chi connectivity index (χ0) is 15.8. The number of aromatic hydroxyl groups is 1. The molecule has 0 spiro atoms. The fourth-order valence-corrected chi connectivity index (χ4v) is 2.42. The van der Waals surface area contributed by atoms with Crippen LogP contribution in [0.1, 0.15) is 43.1 Å². The predicted octanol–water partition coefficient (Wildman–Crippen LogP) is 2.89. The third-order valence-corrected chi connectivity index (χ3v) is 3.85. The van der Waals surface area contributed by atoms with Crippen molar-refractivity contribution in [2.24, 2.45) is 0 Å². The maximum atomic E-state index is 12.5. The Labute approximate surface area is 128 Å². The van der Waals surface area contributed by atoms with Crippen LogP contribution < -0.4 is 0 Å². The first-order valence-corrected chi connectivity index (χ1v) is 7.84. The number of hydrogen-bond acceptors (Lipinski definition) is 3. The third-order valence-electron chi connectivity index (χ3n) is 3.85. The molecule has 1 rings (SSSR count). The molecule has 4 nitrogen and oxygen atoms in total. The summed E-state index contributed by atoms with van der Waals surface area (Å²) in [5.41, 5.74) is 1.38. The topological polar surface area (TPSA) is 43.8 Å². The lowest BCUT2D eigenvalue weighted by atomic mass is 10.1. The minimum absolute atomic E-state index is 0.0628. The maximum Gasteiger partial charge on any atom is 0.257 e. The van der Waals surface area contributed by atoms with Crippen molar-refractivity contribution in [3.05, 3.63) is 29.3 Å². The molecular weight excluding hydrogens is 264 g/mol. The van der Waals surface area contributed by atoms with Crippen LogP contribution in [0.2, 0.25) is 0 Å². The summed E-state index contributed by atoms with van der Waals surface area (Å²) < 4.78 is 0. The van der Waals surface area contributed by atoms with Gasteiger partial charge in [0.2, 0.25) is 0 Å². The number of carbonyl (C=O) groups is 1. The van der Waals surface area contributed by atoms with Gasteiger partial charge in [-0.1, -0.05) is 25.5 Å². The van der Waals surface area contributed by atoms with Gasteiger partial charge in [-0.25, -0.2) is 0 Å². The van der Waals surface area contributed by atoms with Crippen molar-refractivity contribution < 1.29 is 9.90 Å². The van der Waals surface area contributed by atoms with Gasteiger partial charge < -0.3 is 14.9 Å². The highest BCUT2D eigenvalue weighted by atomic mass is 16.3. The van der Waals surface area contributed by atoms with Crippen molar-refractivity contribution >= 4 is 5.91 Å². The molecule has 0 aromatic heterocycles. The summed E-state index contributed by atoms with van der Waals surface area (Å²) in [4.78, 5) is 16.7. The molecule has 0 bridgehead atoms. The average Bonchev–Trinajstić information content (AvgIpc) is 2.49. The number of benzene rings is 1. The number of phenols is 1. The van der Waals surface area contributed by atoms with Crippen LogP contribution in [0.4, 0.5) is 0 Å². The summed E-state index contributed by atoms with van der Waals surface area (Å²) in [6.07, 6.45) is 0.952. The molecule has 0 atom stereocenters. The van der Waals surface area contributed by atoms with Crippen molar-refractivity contribution in [3.8, 4) is 5.75 Å². The van der Waals surface area contributed by atoms with E-state index in [1.54, 1.807) is 17.0 Å². The number of amides is 1. The second-order valence-electron chi connectivity index (χ2n) is 5.29. The second-order valence-corrected chi connectivity index (χ2v) is 5.29. The zero-order valence-corrected chi connectivity index (χ0v) is 13.7. The summed E-state index contributed by atoms with van der Waals surface area (Å²) in [5, 5.41) is 9.88. The van der Waals surface area contributed by atoms with Crippen LogP contribution in [0, 0.1) is 6.92 Å². The number of nitrogens with zero attached hydrogens (tertiary/aromatic N) is 2. The fraction of sp³-hybridized carbons (Fsp3) is 0.588. The summed E-state index contributed by atoms with van der Waals surface area (Å²) in [7, 11) is 0. The van der Waals surface area contributed by atoms with E-state index in [1.807, 2.05) is 19.9 Å². The first-order chi connectivity index (χ1) is 10.0. The van der Waals surface area contributed by atoms with Crippen LogP contribution in [0.25, 0.3) is 0 Å². The molecule has 4 heteroatoms. The molecule has 21 heavy (non-hydrogen) atoms. The normalized spacial score (nSPS) is 10.9. The van der Waals surface area contributed by atoms with Crippen LogP contribution in [0.3, 0.4) is 0 Å². The Balaban J connectivity index is 2.67. The quantitative estimate of drug-likeness (QED) is 0.801. The van der Waals surface area contributed by atoms with Crippen LogP contribution >= 0.6 is 0 Å². The van der Waals surface area contributed by atoms with E-state index in [0.29, 0.717) is 12.1 Å². The van der Waals surface area contributed by atoms with Gasteiger partial charge in [0.15, 0.2) is 0 Å². The number of aryl methyl sites for hydroxylation is 1. The Morgan fingerprint density at radius 2 is 1.76 bits per heavy atom. The summed E-state index contributed by atoms with van der Waals surface area (Å²) in [6.45, 7) is 12.6. The van der Waals surface area contributed by atoms with Gasteiger partial charge in [0.25, 0.3) is 5.91 Å². The van der Waals surface area contributed by atoms with Crippen molar-refractivity contribution in [1.82, 2.24) is 9.80 Å². The minimum atomic E-state index is -0.0850. The Morgan fingerprint density at radius 3 is 2.33 bits per heavy atom. The lowest BCUT2D eigenvalue weighted by Gasteiger charge is -2.24. The van der Waals surface area contributed by atoms with E-state index in [1.165, 1.54) is 0 Å². The summed E-state index contributed by atoms with van der Waals surface area (Å²) >= 11 is 0. The van der Waals surface area contributed by atoms with Crippen molar-refractivity contribution in [3.63, 3.8) is 0 Å². The Bertz CT molecular complexity index is 456. The van der Waals surface area contributed by atoms with E-state index in [9.17, 15) is 9.90 Å². The molecule has 0 aliphatic rings. The molecule has 0 fully saturated rings. The fourth-order valence-electron chi connectivity index (χ4n) is 2.42. The number of hydrogen-bond donors (Lipinski definition) is 1. The van der Waals surface area contributed by atoms with Gasteiger partial charge >= 0.3 is 0 Å². The molecule has 1 N–H and O–H groups in total. The van der Waals surface area contributed by atoms with E-state index in [-0.39, 0.29) is 11.7 Å². The molecule has 0 unspecified atom stereocenters. The summed E-state index contributed by atoms with van der Waals surface area (Å²) in [5.74, 6) is -0.0222. The maximum absolute atomic E-state index is 12.5. The SMILES string of the molecule is CCN(CC)CCCN(CC)C(=O)c1cc(C)ccc1O. The average molecular weight is 292 g/mol. The molecule has 0 saturated carbocycles. The van der Waals surface area contributed by atoms with Crippen molar-refractivity contribution in [2.45, 2.75) is 34.1 Å². The van der Waals surface area contributed by atoms with Gasteiger partial charge in [0, 0.05) is 13.1 Å². The Morgan fingerprint density at radius 1 is 1.10 bits per heavy atom. The van der Waals surface area contributed by atoms with Gasteiger partial charge in [-0.3, -0.25) is 4.79 Å². The molecule has 0 aliphatic heterocycles. The Kier molecular flexibility index (Phi) is 7.23. The summed E-state index contributed by atoms with van der Waals surface area (Å²) in [6, 6.07) is 5.15. The number of phenolic OH excluding ortho intramolecular Hbond substituents is 1. The molecule has 1 aromatic carbocycles. The number of carbonyl (C=O) groups excluding carboxylic acids is 1. The van der Waals surface area contributed by atoms with Crippen molar-refractivity contribution in [1.29, 1.82) is 0 Å². The van der Waals surface area contributed by atoms with Gasteiger partial charge in [-0.2, -0.15) is 0 Å². The highest BCUT2D eigenvalue weighted by Crippen LogP contribution is 2.20. The molecule has 1 aromatic rings. The van der Waals surface area contributed by atoms with Crippen LogP contribution in [0.5, 0.6) is 5.75 Å². The zero-order valence-electron chi connectivity index (χ0n) is 13.7. The minimum Gasteiger partial charge on any atom is -0.507 e. The largest absolute Gasteiger partial charge is 0.507 e. The second kappa shape index (κ2) is 8.67. The van der Waals surface area contributed by atoms with Gasteiger partial charge in [0.05, 0.1) is 5.56 Å². The smallest absolute Gasteiger partial charge is 0.257 e. The molecule has 1 amide bonds. The molecule has 0 heterocycles. The van der Waals surface area contributed by atoms with Crippen LogP contribution in [-0.2, 0) is 0 Å². The molecular formula is C17H28N2O2. The van der Waals surface area contributed by atoms with E-state index < -0.39 is 0 Å². The lowest BCUT2D eigenvalue weighted by molar-refractivity contribution is 0.0754. The molecule has 0 aliphatic carbocycles. The van der Waals surface area contributed by atoms with Gasteiger partial charge in [-0.15, -0.1) is 0 Å². The van der Waals surface area contributed by atoms with E-state index in [2.05, 4.69) is 18.7 Å². The highest BCUT2D eigenvalue weighted by Gasteiger charge is 2.17.